The SMILES string of the molecule is CNC(=O)Nc1ccc(Oc2nc(C)cc(Nc3ccn[nH]3)n2)c(C(F)(F)F)c1. The van der Waals surface area contributed by atoms with Crippen molar-refractivity contribution in [3.05, 3.63) is 47.8 Å². The maximum absolute atomic E-state index is 13.5. The third kappa shape index (κ3) is 5.12. The van der Waals surface area contributed by atoms with Crippen LogP contribution in [0, 0.1) is 6.92 Å². The lowest BCUT2D eigenvalue weighted by Gasteiger charge is -2.15. The molecule has 3 rings (SSSR count). The summed E-state index contributed by atoms with van der Waals surface area (Å²) in [6.45, 7) is 1.65. The van der Waals surface area contributed by atoms with Crippen molar-refractivity contribution in [2.24, 2.45) is 0 Å². The zero-order chi connectivity index (χ0) is 21.0. The summed E-state index contributed by atoms with van der Waals surface area (Å²) in [7, 11) is 1.35. The summed E-state index contributed by atoms with van der Waals surface area (Å²) in [5.74, 6) is 0.343. The Morgan fingerprint density at radius 2 is 1.97 bits per heavy atom. The van der Waals surface area contributed by atoms with E-state index in [9.17, 15) is 18.0 Å². The minimum atomic E-state index is -4.73. The van der Waals surface area contributed by atoms with E-state index in [2.05, 4.69) is 36.1 Å². The molecule has 29 heavy (non-hydrogen) atoms. The van der Waals surface area contributed by atoms with Gasteiger partial charge in [0.25, 0.3) is 0 Å². The number of carbonyl (C=O) groups excluding carboxylic acids is 1. The number of alkyl halides is 3. The molecule has 3 aromatic rings. The number of carbonyl (C=O) groups is 1. The molecule has 0 atom stereocenters. The summed E-state index contributed by atoms with van der Waals surface area (Å²) in [4.78, 5) is 19.4. The molecule has 2 aromatic heterocycles. The van der Waals surface area contributed by atoms with E-state index in [4.69, 9.17) is 4.74 Å². The lowest BCUT2D eigenvalue weighted by molar-refractivity contribution is -0.138. The molecule has 0 saturated heterocycles. The van der Waals surface area contributed by atoms with E-state index in [0.717, 1.165) is 12.1 Å². The van der Waals surface area contributed by atoms with Gasteiger partial charge in [-0.3, -0.25) is 5.10 Å². The number of halogens is 3. The number of amides is 2. The second kappa shape index (κ2) is 8.04. The number of nitrogens with one attached hydrogen (secondary N) is 4. The monoisotopic (exact) mass is 407 g/mol. The van der Waals surface area contributed by atoms with Crippen LogP contribution < -0.4 is 20.7 Å². The fraction of sp³-hybridized carbons (Fsp3) is 0.176. The average molecular weight is 407 g/mol. The van der Waals surface area contributed by atoms with Crippen molar-refractivity contribution in [1.82, 2.24) is 25.5 Å². The van der Waals surface area contributed by atoms with Gasteiger partial charge >= 0.3 is 18.2 Å². The topological polar surface area (TPSA) is 117 Å². The first-order chi connectivity index (χ1) is 13.7. The number of anilines is 3. The molecule has 152 valence electrons. The van der Waals surface area contributed by atoms with Crippen molar-refractivity contribution in [3.8, 4) is 11.8 Å². The molecule has 2 amide bonds. The Morgan fingerprint density at radius 3 is 2.62 bits per heavy atom. The molecule has 0 aliphatic rings. The lowest BCUT2D eigenvalue weighted by Crippen LogP contribution is -2.24. The van der Waals surface area contributed by atoms with Crippen LogP contribution in [0.25, 0.3) is 0 Å². The molecule has 0 radical (unpaired) electrons. The summed E-state index contributed by atoms with van der Waals surface area (Å²) in [5, 5.41) is 13.9. The van der Waals surface area contributed by atoms with Gasteiger partial charge in [-0.15, -0.1) is 0 Å². The second-order valence-corrected chi connectivity index (χ2v) is 5.79. The van der Waals surface area contributed by atoms with Crippen LogP contribution in [0.4, 0.5) is 35.3 Å². The fourth-order valence-corrected chi connectivity index (χ4v) is 2.32. The van der Waals surface area contributed by atoms with E-state index in [0.29, 0.717) is 17.3 Å². The van der Waals surface area contributed by atoms with Crippen LogP contribution in [0.2, 0.25) is 0 Å². The highest BCUT2D eigenvalue weighted by atomic mass is 19.4. The predicted molar refractivity (Wildman–Crippen MR) is 98.2 cm³/mol. The number of aromatic nitrogens is 4. The summed E-state index contributed by atoms with van der Waals surface area (Å²) >= 11 is 0. The van der Waals surface area contributed by atoms with E-state index < -0.39 is 23.5 Å². The van der Waals surface area contributed by atoms with Crippen LogP contribution in [0.3, 0.4) is 0 Å². The van der Waals surface area contributed by atoms with Crippen molar-refractivity contribution >= 4 is 23.4 Å². The minimum Gasteiger partial charge on any atom is -0.424 e. The molecule has 4 N–H and O–H groups in total. The number of hydrogen-bond donors (Lipinski definition) is 4. The number of H-pyrrole nitrogens is 1. The third-order valence-corrected chi connectivity index (χ3v) is 3.57. The highest BCUT2D eigenvalue weighted by Crippen LogP contribution is 2.39. The Balaban J connectivity index is 1.90. The van der Waals surface area contributed by atoms with Crippen LogP contribution >= 0.6 is 0 Å². The van der Waals surface area contributed by atoms with E-state index in [1.807, 2.05) is 0 Å². The molecule has 0 unspecified atom stereocenters. The average Bonchev–Trinajstić information content (AvgIpc) is 3.14. The maximum Gasteiger partial charge on any atom is 0.420 e. The zero-order valence-electron chi connectivity index (χ0n) is 15.3. The second-order valence-electron chi connectivity index (χ2n) is 5.79. The molecule has 0 saturated carbocycles. The number of urea groups is 1. The molecule has 0 bridgehead atoms. The molecule has 2 heterocycles. The molecule has 0 fully saturated rings. The Morgan fingerprint density at radius 1 is 1.17 bits per heavy atom. The summed E-state index contributed by atoms with van der Waals surface area (Å²) in [6.07, 6.45) is -3.20. The van der Waals surface area contributed by atoms with Gasteiger partial charge in [-0.05, 0) is 25.1 Å². The van der Waals surface area contributed by atoms with Crippen molar-refractivity contribution in [2.45, 2.75) is 13.1 Å². The van der Waals surface area contributed by atoms with Gasteiger partial charge in [0, 0.05) is 30.6 Å². The number of rotatable bonds is 5. The first-order valence-electron chi connectivity index (χ1n) is 8.24. The van der Waals surface area contributed by atoms with Crippen LogP contribution in [0.1, 0.15) is 11.3 Å². The lowest BCUT2D eigenvalue weighted by atomic mass is 10.1. The van der Waals surface area contributed by atoms with Crippen LogP contribution in [0.15, 0.2) is 36.5 Å². The summed E-state index contributed by atoms with van der Waals surface area (Å²) < 4.78 is 45.8. The molecular formula is C17H16F3N7O2. The van der Waals surface area contributed by atoms with Gasteiger partial charge in [-0.2, -0.15) is 23.3 Å². The number of hydrogen-bond acceptors (Lipinski definition) is 6. The number of aromatic amines is 1. The first-order valence-corrected chi connectivity index (χ1v) is 8.24. The number of ether oxygens (including phenoxy) is 1. The van der Waals surface area contributed by atoms with Crippen molar-refractivity contribution in [3.63, 3.8) is 0 Å². The number of aryl methyl sites for hydroxylation is 1. The molecular weight excluding hydrogens is 391 g/mol. The summed E-state index contributed by atoms with van der Waals surface area (Å²) in [6, 6.07) is 5.45. The van der Waals surface area contributed by atoms with Gasteiger partial charge in [0.1, 0.15) is 22.9 Å². The van der Waals surface area contributed by atoms with E-state index in [1.165, 1.54) is 19.3 Å². The van der Waals surface area contributed by atoms with E-state index >= 15 is 0 Å². The highest BCUT2D eigenvalue weighted by Gasteiger charge is 2.35. The van der Waals surface area contributed by atoms with Crippen LogP contribution in [-0.2, 0) is 6.18 Å². The molecule has 0 spiro atoms. The smallest absolute Gasteiger partial charge is 0.420 e. The number of benzene rings is 1. The zero-order valence-corrected chi connectivity index (χ0v) is 15.3. The van der Waals surface area contributed by atoms with E-state index in [1.54, 1.807) is 19.1 Å². The largest absolute Gasteiger partial charge is 0.424 e. The van der Waals surface area contributed by atoms with Crippen LogP contribution in [0.5, 0.6) is 11.8 Å². The highest BCUT2D eigenvalue weighted by molar-refractivity contribution is 5.89. The van der Waals surface area contributed by atoms with E-state index in [-0.39, 0.29) is 11.7 Å². The van der Waals surface area contributed by atoms with Gasteiger partial charge < -0.3 is 20.7 Å². The molecule has 1 aromatic carbocycles. The third-order valence-electron chi connectivity index (χ3n) is 3.57. The molecule has 12 heteroatoms. The van der Waals surface area contributed by atoms with Gasteiger partial charge in [0.2, 0.25) is 0 Å². The van der Waals surface area contributed by atoms with Gasteiger partial charge in [-0.25, -0.2) is 9.78 Å². The van der Waals surface area contributed by atoms with Crippen LogP contribution in [-0.4, -0.2) is 33.2 Å². The van der Waals surface area contributed by atoms with Crippen molar-refractivity contribution in [1.29, 1.82) is 0 Å². The quantitative estimate of drug-likeness (QED) is 0.511. The Labute approximate surface area is 162 Å². The van der Waals surface area contributed by atoms with Gasteiger partial charge in [0.15, 0.2) is 0 Å². The fourth-order valence-electron chi connectivity index (χ4n) is 2.32. The standard InChI is InChI=1S/C17H16F3N7O2/c1-9-7-14(25-13-5-6-22-27-13)26-16(23-9)29-12-4-3-10(24-15(28)21-2)8-11(12)17(18,19)20/h3-8H,1-2H3,(H2,21,24,28)(H2,22,23,25,26,27). The van der Waals surface area contributed by atoms with Crippen molar-refractivity contribution in [2.75, 3.05) is 17.7 Å². The normalized spacial score (nSPS) is 11.1. The van der Waals surface area contributed by atoms with Gasteiger partial charge in [0.05, 0.1) is 6.20 Å². The minimum absolute atomic E-state index is 0.0456. The Bertz CT molecular complexity index is 1010. The van der Waals surface area contributed by atoms with Gasteiger partial charge in [-0.1, -0.05) is 0 Å². The first kappa shape index (κ1) is 19.9. The van der Waals surface area contributed by atoms with Crippen molar-refractivity contribution < 1.29 is 22.7 Å². The summed E-state index contributed by atoms with van der Waals surface area (Å²) in [5.41, 5.74) is -0.654. The number of nitrogens with zero attached hydrogens (tertiary/aromatic N) is 3. The molecule has 0 aliphatic heterocycles. The Kier molecular flexibility index (Phi) is 5.52. The predicted octanol–water partition coefficient (Wildman–Crippen LogP) is 3.81. The maximum atomic E-state index is 13.5. The molecule has 0 aliphatic carbocycles. The Hall–Kier alpha value is -3.83. The molecule has 9 nitrogen and oxygen atoms in total.